The fourth-order valence-electron chi connectivity index (χ4n) is 3.92. The van der Waals surface area contributed by atoms with Gasteiger partial charge in [-0.2, -0.15) is 0 Å². The molecule has 168 valence electrons. The minimum absolute atomic E-state index is 0.0745. The zero-order chi connectivity index (χ0) is 22.2. The maximum absolute atomic E-state index is 13.1. The van der Waals surface area contributed by atoms with E-state index in [1.165, 1.54) is 12.1 Å². The van der Waals surface area contributed by atoms with Crippen LogP contribution >= 0.6 is 0 Å². The Morgan fingerprint density at radius 3 is 2.75 bits per heavy atom. The molecular formula is C24H28FN5O2. The van der Waals surface area contributed by atoms with Crippen molar-refractivity contribution in [2.45, 2.75) is 51.4 Å². The van der Waals surface area contributed by atoms with Crippen LogP contribution in [0, 0.1) is 5.82 Å². The van der Waals surface area contributed by atoms with Gasteiger partial charge in [-0.15, -0.1) is 5.10 Å². The number of nitrogens with zero attached hydrogens (tertiary/aromatic N) is 4. The quantitative estimate of drug-likeness (QED) is 0.575. The van der Waals surface area contributed by atoms with Gasteiger partial charge in [-0.3, -0.25) is 4.68 Å². The van der Waals surface area contributed by atoms with Crippen LogP contribution in [0.15, 0.2) is 60.8 Å². The van der Waals surface area contributed by atoms with Gasteiger partial charge in [0.15, 0.2) is 0 Å². The smallest absolute Gasteiger partial charge is 0.317 e. The molecule has 1 fully saturated rings. The number of nitrogens with one attached hydrogen (secondary N) is 1. The summed E-state index contributed by atoms with van der Waals surface area (Å²) >= 11 is 0. The Labute approximate surface area is 187 Å². The van der Waals surface area contributed by atoms with E-state index in [9.17, 15) is 9.18 Å². The lowest BCUT2D eigenvalue weighted by Crippen LogP contribution is -2.48. The van der Waals surface area contributed by atoms with E-state index in [2.05, 4.69) is 15.6 Å². The van der Waals surface area contributed by atoms with Crippen molar-refractivity contribution in [1.29, 1.82) is 0 Å². The molecule has 8 heteroatoms. The molecule has 2 heterocycles. The summed E-state index contributed by atoms with van der Waals surface area (Å²) < 4.78 is 20.6. The van der Waals surface area contributed by atoms with E-state index in [1.807, 2.05) is 46.1 Å². The molecule has 1 aliphatic rings. The molecule has 1 atom stereocenters. The van der Waals surface area contributed by atoms with Crippen LogP contribution in [0.25, 0.3) is 0 Å². The summed E-state index contributed by atoms with van der Waals surface area (Å²) in [5, 5.41) is 11.4. The van der Waals surface area contributed by atoms with Crippen molar-refractivity contribution in [1.82, 2.24) is 25.2 Å². The second-order valence-electron chi connectivity index (χ2n) is 7.99. The second kappa shape index (κ2) is 10.7. The maximum atomic E-state index is 13.1. The van der Waals surface area contributed by atoms with E-state index in [0.717, 1.165) is 49.2 Å². The predicted octanol–water partition coefficient (Wildman–Crippen LogP) is 4.15. The first-order valence-electron chi connectivity index (χ1n) is 11.0. The molecule has 0 bridgehead atoms. The lowest BCUT2D eigenvalue weighted by atomic mass is 10.00. The van der Waals surface area contributed by atoms with Gasteiger partial charge in [-0.25, -0.2) is 9.18 Å². The Balaban J connectivity index is 1.26. The number of likely N-dealkylation sites (tertiary alicyclic amines) is 1. The molecule has 1 saturated heterocycles. The number of piperidine rings is 1. The zero-order valence-electron chi connectivity index (χ0n) is 18.0. The highest BCUT2D eigenvalue weighted by atomic mass is 19.1. The van der Waals surface area contributed by atoms with Crippen molar-refractivity contribution in [3.63, 3.8) is 0 Å². The van der Waals surface area contributed by atoms with Gasteiger partial charge in [-0.1, -0.05) is 35.5 Å². The van der Waals surface area contributed by atoms with Crippen LogP contribution in [-0.4, -0.2) is 38.5 Å². The number of benzene rings is 2. The number of aryl methyl sites for hydroxylation is 1. The van der Waals surface area contributed by atoms with Gasteiger partial charge < -0.3 is 15.0 Å². The Kier molecular flexibility index (Phi) is 7.32. The lowest BCUT2D eigenvalue weighted by molar-refractivity contribution is 0.143. The van der Waals surface area contributed by atoms with Gasteiger partial charge in [0.05, 0.1) is 6.20 Å². The van der Waals surface area contributed by atoms with Gasteiger partial charge in [0.25, 0.3) is 0 Å². The standard InChI is InChI=1S/C24H28FN5O2/c25-20-11-9-19(10-12-20)16-26-24(31)30-14-5-4-6-22(30)13-15-29-17-21(27-28-29)18-32-23-7-2-1-3-8-23/h1-3,7-12,17,22H,4-6,13-16,18H2,(H,26,31). The topological polar surface area (TPSA) is 72.3 Å². The van der Waals surface area contributed by atoms with Gasteiger partial charge in [0, 0.05) is 25.7 Å². The van der Waals surface area contributed by atoms with E-state index in [0.29, 0.717) is 19.7 Å². The Bertz CT molecular complexity index is 993. The molecule has 0 spiro atoms. The fraction of sp³-hybridized carbons (Fsp3) is 0.375. The number of aromatic nitrogens is 3. The van der Waals surface area contributed by atoms with E-state index in [4.69, 9.17) is 4.74 Å². The molecule has 4 rings (SSSR count). The van der Waals surface area contributed by atoms with Gasteiger partial charge in [0.2, 0.25) is 0 Å². The Hall–Kier alpha value is -3.42. The van der Waals surface area contributed by atoms with Crippen molar-refractivity contribution in [3.8, 4) is 5.75 Å². The summed E-state index contributed by atoms with van der Waals surface area (Å²) in [6.07, 6.45) is 5.80. The highest BCUT2D eigenvalue weighted by Gasteiger charge is 2.26. The first kappa shape index (κ1) is 21.8. The Morgan fingerprint density at radius 2 is 1.94 bits per heavy atom. The van der Waals surface area contributed by atoms with Crippen LogP contribution < -0.4 is 10.1 Å². The number of carbonyl (C=O) groups is 1. The number of ether oxygens (including phenoxy) is 1. The average Bonchev–Trinajstić information content (AvgIpc) is 3.29. The van der Waals surface area contributed by atoms with E-state index in [1.54, 1.807) is 12.1 Å². The van der Waals surface area contributed by atoms with Crippen molar-refractivity contribution in [2.75, 3.05) is 6.54 Å². The minimum atomic E-state index is -0.279. The lowest BCUT2D eigenvalue weighted by Gasteiger charge is -2.35. The molecule has 7 nitrogen and oxygen atoms in total. The minimum Gasteiger partial charge on any atom is -0.487 e. The van der Waals surface area contributed by atoms with Crippen molar-refractivity contribution in [3.05, 3.63) is 77.9 Å². The molecule has 1 aromatic heterocycles. The third kappa shape index (κ3) is 6.06. The highest BCUT2D eigenvalue weighted by molar-refractivity contribution is 5.74. The van der Waals surface area contributed by atoms with Gasteiger partial charge in [0.1, 0.15) is 23.9 Å². The highest BCUT2D eigenvalue weighted by Crippen LogP contribution is 2.20. The van der Waals surface area contributed by atoms with Crippen LogP contribution in [0.3, 0.4) is 0 Å². The van der Waals surface area contributed by atoms with Gasteiger partial charge >= 0.3 is 6.03 Å². The molecule has 1 N–H and O–H groups in total. The third-order valence-electron chi connectivity index (χ3n) is 5.65. The van der Waals surface area contributed by atoms with Crippen molar-refractivity contribution in [2.24, 2.45) is 0 Å². The molecule has 32 heavy (non-hydrogen) atoms. The maximum Gasteiger partial charge on any atom is 0.317 e. The first-order chi connectivity index (χ1) is 15.7. The molecule has 0 aliphatic carbocycles. The monoisotopic (exact) mass is 437 g/mol. The predicted molar refractivity (Wildman–Crippen MR) is 118 cm³/mol. The van der Waals surface area contributed by atoms with E-state index in [-0.39, 0.29) is 17.9 Å². The molecule has 2 aromatic carbocycles. The molecule has 1 aliphatic heterocycles. The SMILES string of the molecule is O=C(NCc1ccc(F)cc1)N1CCCCC1CCn1cc(COc2ccccc2)nn1. The normalized spacial score (nSPS) is 16.0. The summed E-state index contributed by atoms with van der Waals surface area (Å²) in [6, 6.07) is 15.9. The summed E-state index contributed by atoms with van der Waals surface area (Å²) in [5.41, 5.74) is 1.65. The third-order valence-corrected chi connectivity index (χ3v) is 5.65. The van der Waals surface area contributed by atoms with Gasteiger partial charge in [-0.05, 0) is 55.5 Å². The average molecular weight is 438 g/mol. The number of urea groups is 1. The summed E-state index contributed by atoms with van der Waals surface area (Å²) in [7, 11) is 0. The molecule has 0 saturated carbocycles. The summed E-state index contributed by atoms with van der Waals surface area (Å²) in [4.78, 5) is 14.7. The molecule has 2 amide bonds. The fourth-order valence-corrected chi connectivity index (χ4v) is 3.92. The Morgan fingerprint density at radius 1 is 1.12 bits per heavy atom. The molecular weight excluding hydrogens is 409 g/mol. The van der Waals surface area contributed by atoms with Crippen LogP contribution in [0.5, 0.6) is 5.75 Å². The largest absolute Gasteiger partial charge is 0.487 e. The summed E-state index contributed by atoms with van der Waals surface area (Å²) in [5.74, 6) is 0.519. The number of carbonyl (C=O) groups excluding carboxylic acids is 1. The first-order valence-corrected chi connectivity index (χ1v) is 11.0. The number of halogens is 1. The molecule has 3 aromatic rings. The van der Waals surface area contributed by atoms with E-state index < -0.39 is 0 Å². The van der Waals surface area contributed by atoms with Crippen LogP contribution in [0.2, 0.25) is 0 Å². The number of rotatable bonds is 8. The summed E-state index contributed by atoms with van der Waals surface area (Å²) in [6.45, 7) is 2.18. The number of amides is 2. The number of hydrogen-bond donors (Lipinski definition) is 1. The number of hydrogen-bond acceptors (Lipinski definition) is 4. The van der Waals surface area contributed by atoms with Crippen LogP contribution in [0.4, 0.5) is 9.18 Å². The number of para-hydroxylation sites is 1. The molecule has 1 unspecified atom stereocenters. The van der Waals surface area contributed by atoms with Crippen LogP contribution in [-0.2, 0) is 19.7 Å². The van der Waals surface area contributed by atoms with Crippen molar-refractivity contribution < 1.29 is 13.9 Å². The zero-order valence-corrected chi connectivity index (χ0v) is 18.0. The van der Waals surface area contributed by atoms with E-state index >= 15 is 0 Å². The van der Waals surface area contributed by atoms with Crippen molar-refractivity contribution >= 4 is 6.03 Å². The second-order valence-corrected chi connectivity index (χ2v) is 7.99. The molecule has 0 radical (unpaired) electrons. The van der Waals surface area contributed by atoms with Crippen LogP contribution in [0.1, 0.15) is 36.9 Å².